The third kappa shape index (κ3) is 4.88. The van der Waals surface area contributed by atoms with E-state index >= 15 is 0 Å². The maximum atomic E-state index is 12.5. The number of benzene rings is 1. The van der Waals surface area contributed by atoms with Crippen molar-refractivity contribution in [2.45, 2.75) is 52.5 Å². The second kappa shape index (κ2) is 8.86. The van der Waals surface area contributed by atoms with E-state index in [4.69, 9.17) is 4.74 Å². The quantitative estimate of drug-likeness (QED) is 0.524. The van der Waals surface area contributed by atoms with Gasteiger partial charge in [0.15, 0.2) is 6.61 Å². The fourth-order valence-electron chi connectivity index (χ4n) is 2.98. The van der Waals surface area contributed by atoms with Gasteiger partial charge in [-0.3, -0.25) is 19.3 Å². The number of imide groups is 1. The van der Waals surface area contributed by atoms with Gasteiger partial charge in [0.2, 0.25) is 0 Å². The van der Waals surface area contributed by atoms with Crippen LogP contribution in [0.5, 0.6) is 0 Å². The summed E-state index contributed by atoms with van der Waals surface area (Å²) in [6, 6.07) is 4.88. The lowest BCUT2D eigenvalue weighted by Crippen LogP contribution is -2.44. The zero-order valence-electron chi connectivity index (χ0n) is 16.8. The Morgan fingerprint density at radius 3 is 2.64 bits per heavy atom. The summed E-state index contributed by atoms with van der Waals surface area (Å²) in [6.45, 7) is 6.42. The number of nitrogens with zero attached hydrogens (tertiary/aromatic N) is 1. The molecule has 0 spiro atoms. The van der Waals surface area contributed by atoms with Crippen molar-refractivity contribution in [3.8, 4) is 0 Å². The molecule has 1 atom stereocenters. The number of rotatable bonds is 8. The van der Waals surface area contributed by atoms with Crippen LogP contribution in [0.1, 0.15) is 44.2 Å². The van der Waals surface area contributed by atoms with Crippen LogP contribution in [-0.2, 0) is 19.1 Å². The first kappa shape index (κ1) is 21.4. The Bertz CT molecular complexity index is 792. The van der Waals surface area contributed by atoms with Crippen LogP contribution < -0.4 is 10.6 Å². The van der Waals surface area contributed by atoms with Gasteiger partial charge in [-0.05, 0) is 44.4 Å². The summed E-state index contributed by atoms with van der Waals surface area (Å²) < 4.78 is 4.93. The summed E-state index contributed by atoms with van der Waals surface area (Å²) in [6.07, 6.45) is 2.16. The summed E-state index contributed by atoms with van der Waals surface area (Å²) in [4.78, 5) is 49.4. The molecule has 0 aliphatic carbocycles. The van der Waals surface area contributed by atoms with Gasteiger partial charge in [0.25, 0.3) is 11.8 Å². The smallest absolute Gasteiger partial charge is 0.326 e. The summed E-state index contributed by atoms with van der Waals surface area (Å²) >= 11 is 0. The van der Waals surface area contributed by atoms with Crippen molar-refractivity contribution >= 4 is 29.5 Å². The topological polar surface area (TPSA) is 105 Å². The van der Waals surface area contributed by atoms with Crippen LogP contribution in [0.3, 0.4) is 0 Å². The summed E-state index contributed by atoms with van der Waals surface area (Å²) in [5, 5.41) is 5.31. The lowest BCUT2D eigenvalue weighted by molar-refractivity contribution is -0.150. The van der Waals surface area contributed by atoms with Gasteiger partial charge in [-0.25, -0.2) is 4.79 Å². The second-order valence-electron chi connectivity index (χ2n) is 7.21. The van der Waals surface area contributed by atoms with Crippen LogP contribution in [0, 0.1) is 13.8 Å². The molecular weight excluding hydrogens is 362 g/mol. The lowest BCUT2D eigenvalue weighted by atomic mass is 9.95. The highest BCUT2D eigenvalue weighted by Crippen LogP contribution is 2.23. The Morgan fingerprint density at radius 2 is 1.96 bits per heavy atom. The minimum absolute atomic E-state index is 0.456. The highest BCUT2D eigenvalue weighted by molar-refractivity contribution is 6.08. The first-order valence-electron chi connectivity index (χ1n) is 9.33. The van der Waals surface area contributed by atoms with E-state index in [-0.39, 0.29) is 0 Å². The molecule has 152 valence electrons. The third-order valence-electron chi connectivity index (χ3n) is 4.91. The molecule has 8 heteroatoms. The van der Waals surface area contributed by atoms with Crippen LogP contribution in [0.15, 0.2) is 18.2 Å². The second-order valence-corrected chi connectivity index (χ2v) is 7.21. The Balaban J connectivity index is 1.87. The average Bonchev–Trinajstić information content (AvgIpc) is 2.85. The molecular formula is C20H27N3O5. The summed E-state index contributed by atoms with van der Waals surface area (Å²) in [7, 11) is 0. The number of carbonyl (C=O) groups is 4. The number of carbonyl (C=O) groups excluding carboxylic acids is 4. The van der Waals surface area contributed by atoms with Crippen molar-refractivity contribution in [2.24, 2.45) is 0 Å². The van der Waals surface area contributed by atoms with Gasteiger partial charge in [0, 0.05) is 5.69 Å². The van der Waals surface area contributed by atoms with E-state index in [2.05, 4.69) is 10.6 Å². The minimum atomic E-state index is -1.01. The van der Waals surface area contributed by atoms with Crippen LogP contribution in [0.2, 0.25) is 0 Å². The first-order valence-corrected chi connectivity index (χ1v) is 9.33. The number of amides is 4. The van der Waals surface area contributed by atoms with E-state index < -0.39 is 42.5 Å². The number of aryl methyl sites for hydroxylation is 1. The van der Waals surface area contributed by atoms with E-state index in [1.54, 1.807) is 13.0 Å². The fraction of sp³-hybridized carbons (Fsp3) is 0.500. The monoisotopic (exact) mass is 389 g/mol. The van der Waals surface area contributed by atoms with Gasteiger partial charge in [-0.15, -0.1) is 0 Å². The van der Waals surface area contributed by atoms with E-state index in [9.17, 15) is 19.2 Å². The molecule has 1 aliphatic heterocycles. The van der Waals surface area contributed by atoms with Gasteiger partial charge in [-0.1, -0.05) is 31.9 Å². The van der Waals surface area contributed by atoms with Crippen molar-refractivity contribution in [3.63, 3.8) is 0 Å². The Hall–Kier alpha value is -2.90. The summed E-state index contributed by atoms with van der Waals surface area (Å²) in [5.74, 6) is -1.77. The Kier molecular flexibility index (Phi) is 6.77. The van der Waals surface area contributed by atoms with Crippen molar-refractivity contribution in [1.29, 1.82) is 0 Å². The standard InChI is InChI=1S/C20H27N3O5/c1-5-6-10-20(4)18(26)23(19(27)22-20)11-17(25)28-12-16(24)21-15-9-7-8-13(2)14(15)3/h7-9H,5-6,10-12H2,1-4H3,(H,21,24)(H,22,27)/t20-/m0/s1. The molecule has 1 aromatic rings. The predicted octanol–water partition coefficient (Wildman–Crippen LogP) is 2.29. The highest BCUT2D eigenvalue weighted by atomic mass is 16.5. The van der Waals surface area contributed by atoms with Gasteiger partial charge in [0.05, 0.1) is 0 Å². The largest absolute Gasteiger partial charge is 0.454 e. The van der Waals surface area contributed by atoms with E-state index in [1.165, 1.54) is 0 Å². The van der Waals surface area contributed by atoms with Crippen molar-refractivity contribution in [3.05, 3.63) is 29.3 Å². The van der Waals surface area contributed by atoms with E-state index in [0.29, 0.717) is 12.1 Å². The number of nitrogens with one attached hydrogen (secondary N) is 2. The Morgan fingerprint density at radius 1 is 1.25 bits per heavy atom. The molecule has 1 fully saturated rings. The molecule has 8 nitrogen and oxygen atoms in total. The molecule has 0 radical (unpaired) electrons. The zero-order chi connectivity index (χ0) is 20.9. The normalized spacial score (nSPS) is 18.8. The summed E-state index contributed by atoms with van der Waals surface area (Å²) in [5.41, 5.74) is 1.59. The average molecular weight is 389 g/mol. The molecule has 1 aliphatic rings. The Labute approximate surface area is 164 Å². The third-order valence-corrected chi connectivity index (χ3v) is 4.91. The minimum Gasteiger partial charge on any atom is -0.454 e. The molecule has 28 heavy (non-hydrogen) atoms. The molecule has 0 saturated carbocycles. The molecule has 0 aromatic heterocycles. The number of urea groups is 1. The molecule has 1 heterocycles. The molecule has 4 amide bonds. The number of ether oxygens (including phenoxy) is 1. The maximum absolute atomic E-state index is 12.5. The van der Waals surface area contributed by atoms with Crippen molar-refractivity contribution in [1.82, 2.24) is 10.2 Å². The number of unbranched alkanes of at least 4 members (excludes halogenated alkanes) is 1. The zero-order valence-corrected chi connectivity index (χ0v) is 16.8. The van der Waals surface area contributed by atoms with Crippen molar-refractivity contribution < 1.29 is 23.9 Å². The fourth-order valence-corrected chi connectivity index (χ4v) is 2.98. The predicted molar refractivity (Wildman–Crippen MR) is 104 cm³/mol. The van der Waals surface area contributed by atoms with Gasteiger partial charge < -0.3 is 15.4 Å². The number of esters is 1. The van der Waals surface area contributed by atoms with Gasteiger partial charge in [-0.2, -0.15) is 0 Å². The number of hydrogen-bond acceptors (Lipinski definition) is 5. The molecule has 2 N–H and O–H groups in total. The molecule has 1 aromatic carbocycles. The SMILES string of the molecule is CCCC[C@]1(C)NC(=O)N(CC(=O)OCC(=O)Nc2cccc(C)c2C)C1=O. The molecule has 0 bridgehead atoms. The van der Waals surface area contributed by atoms with E-state index in [1.807, 2.05) is 32.9 Å². The maximum Gasteiger partial charge on any atom is 0.326 e. The van der Waals surface area contributed by atoms with Crippen molar-refractivity contribution in [2.75, 3.05) is 18.5 Å². The molecule has 0 unspecified atom stereocenters. The first-order chi connectivity index (χ1) is 13.2. The molecule has 1 saturated heterocycles. The van der Waals surface area contributed by atoms with Gasteiger partial charge in [0.1, 0.15) is 12.1 Å². The number of anilines is 1. The lowest BCUT2D eigenvalue weighted by Gasteiger charge is -2.21. The van der Waals surface area contributed by atoms with Crippen LogP contribution >= 0.6 is 0 Å². The van der Waals surface area contributed by atoms with Crippen LogP contribution in [0.25, 0.3) is 0 Å². The highest BCUT2D eigenvalue weighted by Gasteiger charge is 2.47. The number of hydrogen-bond donors (Lipinski definition) is 2. The molecule has 2 rings (SSSR count). The van der Waals surface area contributed by atoms with Crippen LogP contribution in [-0.4, -0.2) is 47.4 Å². The van der Waals surface area contributed by atoms with Crippen LogP contribution in [0.4, 0.5) is 10.5 Å². The van der Waals surface area contributed by atoms with E-state index in [0.717, 1.165) is 28.9 Å². The van der Waals surface area contributed by atoms with Gasteiger partial charge >= 0.3 is 12.0 Å².